The van der Waals surface area contributed by atoms with Crippen LogP contribution in [0.5, 0.6) is 5.75 Å². The molecule has 0 unspecified atom stereocenters. The van der Waals surface area contributed by atoms with Gasteiger partial charge in [0.2, 0.25) is 0 Å². The van der Waals surface area contributed by atoms with Crippen LogP contribution in [0.1, 0.15) is 58.4 Å². The average molecular weight is 287 g/mol. The third-order valence-corrected chi connectivity index (χ3v) is 5.50. The van der Waals surface area contributed by atoms with Crippen LogP contribution in [0.3, 0.4) is 0 Å². The molecule has 2 heteroatoms. The molecular formula is C19H29NO. The van der Waals surface area contributed by atoms with Gasteiger partial charge in [-0.2, -0.15) is 0 Å². The summed E-state index contributed by atoms with van der Waals surface area (Å²) in [5.41, 5.74) is 2.68. The van der Waals surface area contributed by atoms with Gasteiger partial charge in [-0.3, -0.25) is 0 Å². The number of benzene rings is 1. The van der Waals surface area contributed by atoms with Crippen LogP contribution < -0.4 is 10.1 Å². The zero-order valence-corrected chi connectivity index (χ0v) is 14.0. The van der Waals surface area contributed by atoms with Crippen molar-refractivity contribution in [2.45, 2.75) is 63.8 Å². The minimum atomic E-state index is 0.182. The Balaban J connectivity index is 1.78. The fraction of sp³-hybridized carbons (Fsp3) is 0.684. The molecule has 1 N–H and O–H groups in total. The third kappa shape index (κ3) is 2.83. The Morgan fingerprint density at radius 1 is 1.10 bits per heavy atom. The van der Waals surface area contributed by atoms with Gasteiger partial charge in [-0.05, 0) is 69.6 Å². The van der Waals surface area contributed by atoms with E-state index in [1.54, 1.807) is 7.11 Å². The Morgan fingerprint density at radius 3 is 2.14 bits per heavy atom. The number of ether oxygens (including phenoxy) is 1. The van der Waals surface area contributed by atoms with E-state index in [2.05, 4.69) is 50.4 Å². The maximum absolute atomic E-state index is 5.31. The molecule has 2 aliphatic rings. The minimum Gasteiger partial charge on any atom is -0.497 e. The van der Waals surface area contributed by atoms with Crippen LogP contribution in [-0.4, -0.2) is 19.2 Å². The standard InChI is InChI=1S/C19H29NO/c1-17(2,3)20-14-19(12-18(13-19)10-5-11-18)15-6-8-16(21-4)9-7-15/h6-9,20H,5,10-14H2,1-4H3. The second-order valence-corrected chi connectivity index (χ2v) is 8.32. The second kappa shape index (κ2) is 5.01. The summed E-state index contributed by atoms with van der Waals surface area (Å²) in [5.74, 6) is 0.954. The van der Waals surface area contributed by atoms with Gasteiger partial charge in [-0.1, -0.05) is 18.6 Å². The monoisotopic (exact) mass is 287 g/mol. The Labute approximate surface area is 129 Å². The molecule has 2 aliphatic carbocycles. The molecule has 0 amide bonds. The van der Waals surface area contributed by atoms with Crippen LogP contribution in [0.4, 0.5) is 0 Å². The Kier molecular flexibility index (Phi) is 3.56. The summed E-state index contributed by atoms with van der Waals surface area (Å²) in [5, 5.41) is 3.75. The smallest absolute Gasteiger partial charge is 0.118 e. The molecular weight excluding hydrogens is 258 g/mol. The Morgan fingerprint density at radius 2 is 1.71 bits per heavy atom. The molecule has 2 saturated carbocycles. The summed E-state index contributed by atoms with van der Waals surface area (Å²) in [6.45, 7) is 7.86. The first-order chi connectivity index (χ1) is 9.87. The first kappa shape index (κ1) is 14.9. The van der Waals surface area contributed by atoms with Crippen molar-refractivity contribution in [3.8, 4) is 5.75 Å². The highest BCUT2D eigenvalue weighted by Crippen LogP contribution is 2.64. The van der Waals surface area contributed by atoms with Crippen LogP contribution in [0, 0.1) is 5.41 Å². The van der Waals surface area contributed by atoms with Crippen molar-refractivity contribution >= 4 is 0 Å². The molecule has 116 valence electrons. The lowest BCUT2D eigenvalue weighted by Crippen LogP contribution is -2.59. The predicted octanol–water partition coefficient (Wildman–Crippen LogP) is 4.29. The van der Waals surface area contributed by atoms with Gasteiger partial charge in [-0.25, -0.2) is 0 Å². The Bertz CT molecular complexity index is 485. The van der Waals surface area contributed by atoms with Gasteiger partial charge < -0.3 is 10.1 Å². The number of hydrogen-bond acceptors (Lipinski definition) is 2. The van der Waals surface area contributed by atoms with Gasteiger partial charge in [0.25, 0.3) is 0 Å². The van der Waals surface area contributed by atoms with Gasteiger partial charge >= 0.3 is 0 Å². The van der Waals surface area contributed by atoms with Gasteiger partial charge in [-0.15, -0.1) is 0 Å². The molecule has 0 saturated heterocycles. The third-order valence-electron chi connectivity index (χ3n) is 5.50. The van der Waals surface area contributed by atoms with E-state index < -0.39 is 0 Å². The second-order valence-electron chi connectivity index (χ2n) is 8.32. The van der Waals surface area contributed by atoms with E-state index in [1.807, 2.05) is 0 Å². The maximum Gasteiger partial charge on any atom is 0.118 e. The molecule has 2 fully saturated rings. The number of methoxy groups -OCH3 is 1. The highest BCUT2D eigenvalue weighted by molar-refractivity contribution is 5.36. The largest absolute Gasteiger partial charge is 0.497 e. The fourth-order valence-electron chi connectivity index (χ4n) is 4.22. The van der Waals surface area contributed by atoms with Crippen molar-refractivity contribution in [3.05, 3.63) is 29.8 Å². The van der Waals surface area contributed by atoms with Gasteiger partial charge in [0.15, 0.2) is 0 Å². The highest BCUT2D eigenvalue weighted by atomic mass is 16.5. The fourth-order valence-corrected chi connectivity index (χ4v) is 4.22. The van der Waals surface area contributed by atoms with Crippen LogP contribution in [0.15, 0.2) is 24.3 Å². The molecule has 3 rings (SSSR count). The molecule has 21 heavy (non-hydrogen) atoms. The number of rotatable bonds is 4. The molecule has 2 nitrogen and oxygen atoms in total. The van der Waals surface area contributed by atoms with Crippen LogP contribution >= 0.6 is 0 Å². The molecule has 0 heterocycles. The zero-order valence-electron chi connectivity index (χ0n) is 14.0. The lowest BCUT2D eigenvalue weighted by Gasteiger charge is -2.62. The van der Waals surface area contributed by atoms with E-state index in [0.29, 0.717) is 10.8 Å². The maximum atomic E-state index is 5.31. The topological polar surface area (TPSA) is 21.3 Å². The molecule has 0 bridgehead atoms. The number of nitrogens with one attached hydrogen (secondary N) is 1. The quantitative estimate of drug-likeness (QED) is 0.892. The van der Waals surface area contributed by atoms with Crippen LogP contribution in [0.2, 0.25) is 0 Å². The molecule has 1 spiro atoms. The molecule has 1 aromatic carbocycles. The molecule has 1 aromatic rings. The molecule has 0 atom stereocenters. The van der Waals surface area contributed by atoms with E-state index in [1.165, 1.54) is 37.7 Å². The highest BCUT2D eigenvalue weighted by Gasteiger charge is 2.57. The predicted molar refractivity (Wildman–Crippen MR) is 87.9 cm³/mol. The van der Waals surface area contributed by atoms with Crippen LogP contribution in [0.25, 0.3) is 0 Å². The van der Waals surface area contributed by atoms with E-state index >= 15 is 0 Å². The van der Waals surface area contributed by atoms with Gasteiger partial charge in [0.1, 0.15) is 5.75 Å². The zero-order chi connectivity index (χ0) is 15.1. The average Bonchev–Trinajstić information content (AvgIpc) is 2.35. The van der Waals surface area contributed by atoms with Crippen LogP contribution in [-0.2, 0) is 5.41 Å². The van der Waals surface area contributed by atoms with E-state index in [-0.39, 0.29) is 5.54 Å². The van der Waals surface area contributed by atoms with E-state index in [0.717, 1.165) is 12.3 Å². The van der Waals surface area contributed by atoms with Crippen molar-refractivity contribution in [3.63, 3.8) is 0 Å². The summed E-state index contributed by atoms with van der Waals surface area (Å²) in [6.07, 6.45) is 7.04. The first-order valence-electron chi connectivity index (χ1n) is 8.26. The lowest BCUT2D eigenvalue weighted by atomic mass is 9.43. The van der Waals surface area contributed by atoms with Crippen molar-refractivity contribution in [1.82, 2.24) is 5.32 Å². The van der Waals surface area contributed by atoms with Crippen molar-refractivity contribution in [1.29, 1.82) is 0 Å². The van der Waals surface area contributed by atoms with Crippen molar-refractivity contribution in [2.24, 2.45) is 5.41 Å². The Hall–Kier alpha value is -1.02. The molecule has 0 aromatic heterocycles. The van der Waals surface area contributed by atoms with Crippen molar-refractivity contribution in [2.75, 3.05) is 13.7 Å². The van der Waals surface area contributed by atoms with Crippen molar-refractivity contribution < 1.29 is 4.74 Å². The first-order valence-corrected chi connectivity index (χ1v) is 8.26. The SMILES string of the molecule is COc1ccc(C2(CNC(C)(C)C)CC3(CCC3)C2)cc1. The summed E-state index contributed by atoms with van der Waals surface area (Å²) in [7, 11) is 1.73. The summed E-state index contributed by atoms with van der Waals surface area (Å²) in [4.78, 5) is 0. The summed E-state index contributed by atoms with van der Waals surface area (Å²) in [6, 6.07) is 8.77. The summed E-state index contributed by atoms with van der Waals surface area (Å²) >= 11 is 0. The lowest BCUT2D eigenvalue weighted by molar-refractivity contribution is -0.0503. The molecule has 0 aliphatic heterocycles. The van der Waals surface area contributed by atoms with E-state index in [4.69, 9.17) is 4.74 Å². The normalized spacial score (nSPS) is 22.5. The van der Waals surface area contributed by atoms with Gasteiger partial charge in [0, 0.05) is 17.5 Å². The minimum absolute atomic E-state index is 0.182. The summed E-state index contributed by atoms with van der Waals surface area (Å²) < 4.78 is 5.31. The van der Waals surface area contributed by atoms with Gasteiger partial charge in [0.05, 0.1) is 7.11 Å². The van der Waals surface area contributed by atoms with E-state index in [9.17, 15) is 0 Å². The molecule has 0 radical (unpaired) electrons. The number of hydrogen-bond donors (Lipinski definition) is 1.